The van der Waals surface area contributed by atoms with Crippen LogP contribution in [0.3, 0.4) is 0 Å². The van der Waals surface area contributed by atoms with Crippen molar-refractivity contribution in [3.05, 3.63) is 0 Å². The van der Waals surface area contributed by atoms with Gasteiger partial charge in [0.2, 0.25) is 0 Å². The van der Waals surface area contributed by atoms with Gasteiger partial charge in [0.1, 0.15) is 0 Å². The molecule has 3 atom stereocenters. The lowest BCUT2D eigenvalue weighted by Gasteiger charge is -1.98. The molecule has 0 heterocycles. The molecule has 0 radical (unpaired) electrons. The van der Waals surface area contributed by atoms with Crippen LogP contribution in [0.15, 0.2) is 0 Å². The summed E-state index contributed by atoms with van der Waals surface area (Å²) in [4.78, 5) is 0. The van der Waals surface area contributed by atoms with Gasteiger partial charge < -0.3 is 4.74 Å². The van der Waals surface area contributed by atoms with E-state index in [4.69, 9.17) is 4.74 Å². The molecule has 0 aromatic carbocycles. The molecular formula is C9H16O. The van der Waals surface area contributed by atoms with Gasteiger partial charge in [-0.2, -0.15) is 0 Å². The van der Waals surface area contributed by atoms with Crippen molar-refractivity contribution in [1.82, 2.24) is 0 Å². The minimum Gasteiger partial charge on any atom is -0.381 e. The number of fused-ring (bicyclic) bond motifs is 1. The normalized spacial score (nSPS) is 45.9. The molecule has 2 rings (SSSR count). The van der Waals surface area contributed by atoms with Gasteiger partial charge in [0.05, 0.1) is 6.10 Å². The number of hydrogen-bond acceptors (Lipinski definition) is 1. The lowest BCUT2D eigenvalue weighted by molar-refractivity contribution is 0.155. The van der Waals surface area contributed by atoms with Crippen molar-refractivity contribution in [2.75, 3.05) is 7.11 Å². The molecule has 0 aromatic rings. The van der Waals surface area contributed by atoms with Gasteiger partial charge in [-0.3, -0.25) is 0 Å². The van der Waals surface area contributed by atoms with Crippen LogP contribution in [0.1, 0.15) is 32.1 Å². The number of rotatable bonds is 1. The summed E-state index contributed by atoms with van der Waals surface area (Å²) in [5, 5.41) is 0. The number of methoxy groups -OCH3 is 1. The summed E-state index contributed by atoms with van der Waals surface area (Å²) in [6.07, 6.45) is 7.87. The highest BCUT2D eigenvalue weighted by molar-refractivity contribution is 4.99. The van der Waals surface area contributed by atoms with Crippen LogP contribution in [0.25, 0.3) is 0 Å². The molecule has 58 valence electrons. The van der Waals surface area contributed by atoms with Crippen molar-refractivity contribution in [2.24, 2.45) is 11.8 Å². The van der Waals surface area contributed by atoms with Gasteiger partial charge in [-0.05, 0) is 24.7 Å². The summed E-state index contributed by atoms with van der Waals surface area (Å²) >= 11 is 0. The van der Waals surface area contributed by atoms with Gasteiger partial charge in [0, 0.05) is 7.11 Å². The monoisotopic (exact) mass is 140 g/mol. The predicted octanol–water partition coefficient (Wildman–Crippen LogP) is 2.21. The predicted molar refractivity (Wildman–Crippen MR) is 40.9 cm³/mol. The molecule has 2 saturated carbocycles. The molecule has 1 nitrogen and oxygen atoms in total. The first-order chi connectivity index (χ1) is 4.93. The highest BCUT2D eigenvalue weighted by Crippen LogP contribution is 2.49. The van der Waals surface area contributed by atoms with E-state index in [2.05, 4.69) is 0 Å². The topological polar surface area (TPSA) is 9.23 Å². The van der Waals surface area contributed by atoms with Crippen LogP contribution >= 0.6 is 0 Å². The largest absolute Gasteiger partial charge is 0.381 e. The third kappa shape index (κ3) is 0.968. The second kappa shape index (κ2) is 2.54. The number of hydrogen-bond donors (Lipinski definition) is 0. The smallest absolute Gasteiger partial charge is 0.0634 e. The highest BCUT2D eigenvalue weighted by Gasteiger charge is 2.49. The Bertz CT molecular complexity index is 110. The molecule has 0 amide bonds. The van der Waals surface area contributed by atoms with E-state index < -0.39 is 0 Å². The van der Waals surface area contributed by atoms with E-state index in [0.29, 0.717) is 6.10 Å². The van der Waals surface area contributed by atoms with E-state index in [0.717, 1.165) is 11.8 Å². The van der Waals surface area contributed by atoms with Gasteiger partial charge in [-0.25, -0.2) is 0 Å². The molecule has 0 spiro atoms. The first kappa shape index (κ1) is 6.66. The Morgan fingerprint density at radius 3 is 2.10 bits per heavy atom. The lowest BCUT2D eigenvalue weighted by atomic mass is 10.1. The summed E-state index contributed by atoms with van der Waals surface area (Å²) in [5.74, 6) is 1.90. The molecule has 0 aromatic heterocycles. The first-order valence-corrected chi connectivity index (χ1v) is 4.46. The highest BCUT2D eigenvalue weighted by atomic mass is 16.5. The van der Waals surface area contributed by atoms with Gasteiger partial charge in [-0.15, -0.1) is 0 Å². The molecule has 0 saturated heterocycles. The average molecular weight is 140 g/mol. The molecule has 1 unspecified atom stereocenters. The Hall–Kier alpha value is -0.0400. The Morgan fingerprint density at radius 2 is 1.60 bits per heavy atom. The lowest BCUT2D eigenvalue weighted by Crippen LogP contribution is -1.94. The van der Waals surface area contributed by atoms with E-state index in [9.17, 15) is 0 Å². The Kier molecular flexibility index (Phi) is 1.69. The third-order valence-electron chi connectivity index (χ3n) is 3.10. The molecule has 0 bridgehead atoms. The third-order valence-corrected chi connectivity index (χ3v) is 3.10. The second-order valence-corrected chi connectivity index (χ2v) is 3.67. The first-order valence-electron chi connectivity index (χ1n) is 4.46. The fourth-order valence-corrected chi connectivity index (χ4v) is 2.45. The SMILES string of the molecule is COC1[C@H]2CCCCC[C@@H]12. The standard InChI is InChI=1S/C9H16O/c1-10-9-7-5-3-2-4-6-8(7)9/h7-9H,2-6H2,1H3/t7-,8+,9?. The molecule has 10 heavy (non-hydrogen) atoms. The Labute approximate surface area is 62.8 Å². The maximum Gasteiger partial charge on any atom is 0.0634 e. The van der Waals surface area contributed by atoms with E-state index in [-0.39, 0.29) is 0 Å². The van der Waals surface area contributed by atoms with Crippen LogP contribution in [-0.4, -0.2) is 13.2 Å². The van der Waals surface area contributed by atoms with Crippen molar-refractivity contribution in [1.29, 1.82) is 0 Å². The summed E-state index contributed by atoms with van der Waals surface area (Å²) in [5.41, 5.74) is 0. The van der Waals surface area contributed by atoms with Gasteiger partial charge in [0.15, 0.2) is 0 Å². The Morgan fingerprint density at radius 1 is 1.00 bits per heavy atom. The van der Waals surface area contributed by atoms with Gasteiger partial charge >= 0.3 is 0 Å². The van der Waals surface area contributed by atoms with Crippen molar-refractivity contribution in [2.45, 2.75) is 38.2 Å². The van der Waals surface area contributed by atoms with E-state index in [1.165, 1.54) is 32.1 Å². The minimum atomic E-state index is 0.653. The molecular weight excluding hydrogens is 124 g/mol. The maximum absolute atomic E-state index is 5.36. The van der Waals surface area contributed by atoms with E-state index in [1.54, 1.807) is 0 Å². The summed E-state index contributed by atoms with van der Waals surface area (Å²) in [7, 11) is 1.86. The van der Waals surface area contributed by atoms with Crippen molar-refractivity contribution in [3.8, 4) is 0 Å². The summed E-state index contributed by atoms with van der Waals surface area (Å²) in [6.45, 7) is 0. The zero-order chi connectivity index (χ0) is 6.97. The van der Waals surface area contributed by atoms with Crippen LogP contribution in [0, 0.1) is 11.8 Å². The average Bonchev–Trinajstić information content (AvgIpc) is 2.59. The van der Waals surface area contributed by atoms with Gasteiger partial charge in [-0.1, -0.05) is 19.3 Å². The molecule has 2 aliphatic rings. The zero-order valence-electron chi connectivity index (χ0n) is 6.68. The quantitative estimate of drug-likeness (QED) is 0.542. The van der Waals surface area contributed by atoms with E-state index in [1.807, 2.05) is 7.11 Å². The summed E-state index contributed by atoms with van der Waals surface area (Å²) in [6, 6.07) is 0. The van der Waals surface area contributed by atoms with Crippen LogP contribution in [-0.2, 0) is 4.74 Å². The van der Waals surface area contributed by atoms with E-state index >= 15 is 0 Å². The van der Waals surface area contributed by atoms with Crippen molar-refractivity contribution >= 4 is 0 Å². The van der Waals surface area contributed by atoms with Gasteiger partial charge in [0.25, 0.3) is 0 Å². The maximum atomic E-state index is 5.36. The molecule has 0 N–H and O–H groups in total. The summed E-state index contributed by atoms with van der Waals surface area (Å²) < 4.78 is 5.36. The van der Waals surface area contributed by atoms with Crippen molar-refractivity contribution in [3.63, 3.8) is 0 Å². The molecule has 0 aliphatic heterocycles. The second-order valence-electron chi connectivity index (χ2n) is 3.67. The fourth-order valence-electron chi connectivity index (χ4n) is 2.45. The minimum absolute atomic E-state index is 0.653. The number of ether oxygens (including phenoxy) is 1. The molecule has 2 fully saturated rings. The van der Waals surface area contributed by atoms with Crippen LogP contribution < -0.4 is 0 Å². The van der Waals surface area contributed by atoms with Crippen LogP contribution in [0.4, 0.5) is 0 Å². The van der Waals surface area contributed by atoms with Crippen molar-refractivity contribution < 1.29 is 4.74 Å². The zero-order valence-corrected chi connectivity index (χ0v) is 6.68. The van der Waals surface area contributed by atoms with Crippen LogP contribution in [0.5, 0.6) is 0 Å². The Balaban J connectivity index is 1.89. The molecule has 2 aliphatic carbocycles. The fraction of sp³-hybridized carbons (Fsp3) is 1.00. The van der Waals surface area contributed by atoms with Crippen LogP contribution in [0.2, 0.25) is 0 Å². The molecule has 1 heteroatoms.